The number of hydrogen-bond donors (Lipinski definition) is 1. The Morgan fingerprint density at radius 2 is 2.00 bits per heavy atom. The summed E-state index contributed by atoms with van der Waals surface area (Å²) in [5, 5.41) is 8.80. The van der Waals surface area contributed by atoms with Crippen LogP contribution in [0, 0.1) is 16.7 Å². The van der Waals surface area contributed by atoms with Crippen molar-refractivity contribution in [1.29, 1.82) is 5.26 Å². The van der Waals surface area contributed by atoms with Gasteiger partial charge in [-0.1, -0.05) is 0 Å². The lowest BCUT2D eigenvalue weighted by Gasteiger charge is -2.15. The Balaban J connectivity index is 2.15. The van der Waals surface area contributed by atoms with Gasteiger partial charge in [0.1, 0.15) is 0 Å². The van der Waals surface area contributed by atoms with Gasteiger partial charge in [0.25, 0.3) is 0 Å². The first-order valence-electron chi connectivity index (χ1n) is 4.92. The summed E-state index contributed by atoms with van der Waals surface area (Å²) in [7, 11) is 0. The third-order valence-corrected chi connectivity index (χ3v) is 2.18. The van der Waals surface area contributed by atoms with Crippen molar-refractivity contribution in [3.05, 3.63) is 24.5 Å². The minimum Gasteiger partial charge on any atom is -0.326 e. The van der Waals surface area contributed by atoms with Crippen molar-refractivity contribution in [3.63, 3.8) is 0 Å². The fraction of sp³-hybridized carbons (Fsp3) is 0.545. The molecule has 0 atom stereocenters. The Bertz CT molecular complexity index is 293. The average Bonchev–Trinajstić information content (AvgIpc) is 2.65. The van der Waals surface area contributed by atoms with Gasteiger partial charge in [0.05, 0.1) is 11.5 Å². The lowest BCUT2D eigenvalue weighted by molar-refractivity contribution is 0.438. The highest BCUT2D eigenvalue weighted by Gasteiger charge is 2.15. The molecule has 0 aliphatic heterocycles. The Morgan fingerprint density at radius 1 is 1.36 bits per heavy atom. The molecule has 1 aromatic rings. The molecule has 76 valence electrons. The van der Waals surface area contributed by atoms with Gasteiger partial charge >= 0.3 is 0 Å². The molecule has 3 heteroatoms. The molecule has 0 saturated carbocycles. The summed E-state index contributed by atoms with van der Waals surface area (Å²) in [5.74, 6) is 0. The van der Waals surface area contributed by atoms with Crippen LogP contribution in [0.25, 0.3) is 0 Å². The standard InChI is InChI=1S/C11H17N3/c1-11(2,10-12)6-5-7-13-14-8-3-4-9-14/h3-4,8-9,13H,5-7H2,1-2H3. The fourth-order valence-corrected chi connectivity index (χ4v) is 1.23. The van der Waals surface area contributed by atoms with Crippen molar-refractivity contribution in [3.8, 4) is 6.07 Å². The number of aromatic nitrogens is 1. The van der Waals surface area contributed by atoms with Crippen molar-refractivity contribution in [1.82, 2.24) is 4.68 Å². The van der Waals surface area contributed by atoms with Crippen LogP contribution in [-0.4, -0.2) is 11.2 Å². The zero-order valence-corrected chi connectivity index (χ0v) is 8.83. The summed E-state index contributed by atoms with van der Waals surface area (Å²) < 4.78 is 1.93. The molecule has 3 nitrogen and oxygen atoms in total. The lowest BCUT2D eigenvalue weighted by atomic mass is 9.90. The van der Waals surface area contributed by atoms with Crippen molar-refractivity contribution < 1.29 is 0 Å². The van der Waals surface area contributed by atoms with E-state index in [4.69, 9.17) is 5.26 Å². The molecule has 0 aliphatic rings. The third kappa shape index (κ3) is 3.53. The molecule has 0 saturated heterocycles. The average molecular weight is 191 g/mol. The summed E-state index contributed by atoms with van der Waals surface area (Å²) in [6.07, 6.45) is 5.88. The Labute approximate surface area is 85.3 Å². The van der Waals surface area contributed by atoms with E-state index >= 15 is 0 Å². The normalized spacial score (nSPS) is 10.9. The second-order valence-corrected chi connectivity index (χ2v) is 4.10. The van der Waals surface area contributed by atoms with E-state index in [1.165, 1.54) is 0 Å². The maximum atomic E-state index is 8.80. The van der Waals surface area contributed by atoms with E-state index in [1.807, 2.05) is 43.0 Å². The van der Waals surface area contributed by atoms with Gasteiger partial charge in [-0.25, -0.2) is 0 Å². The summed E-state index contributed by atoms with van der Waals surface area (Å²) in [6, 6.07) is 6.26. The van der Waals surface area contributed by atoms with E-state index < -0.39 is 0 Å². The highest BCUT2D eigenvalue weighted by atomic mass is 15.4. The first-order chi connectivity index (χ1) is 6.64. The predicted molar refractivity (Wildman–Crippen MR) is 57.3 cm³/mol. The van der Waals surface area contributed by atoms with Crippen LogP contribution >= 0.6 is 0 Å². The minimum absolute atomic E-state index is 0.196. The molecule has 0 aliphatic carbocycles. The molecule has 1 aromatic heterocycles. The minimum atomic E-state index is -0.196. The maximum Gasteiger partial charge on any atom is 0.0683 e. The van der Waals surface area contributed by atoms with Gasteiger partial charge in [0.15, 0.2) is 0 Å². The smallest absolute Gasteiger partial charge is 0.0683 e. The molecule has 0 fully saturated rings. The number of hydrogen-bond acceptors (Lipinski definition) is 2. The van der Waals surface area contributed by atoms with Gasteiger partial charge in [-0.05, 0) is 38.8 Å². The quantitative estimate of drug-likeness (QED) is 0.726. The third-order valence-electron chi connectivity index (χ3n) is 2.18. The van der Waals surface area contributed by atoms with Crippen LogP contribution < -0.4 is 5.43 Å². The zero-order chi connectivity index (χ0) is 10.4. The second-order valence-electron chi connectivity index (χ2n) is 4.10. The Morgan fingerprint density at radius 3 is 2.57 bits per heavy atom. The van der Waals surface area contributed by atoms with Gasteiger partial charge in [-0.15, -0.1) is 0 Å². The van der Waals surface area contributed by atoms with Gasteiger partial charge < -0.3 is 5.43 Å². The number of nitrogens with zero attached hydrogens (tertiary/aromatic N) is 2. The Hall–Kier alpha value is -1.43. The largest absolute Gasteiger partial charge is 0.326 e. The SMILES string of the molecule is CC(C)(C#N)CCCNn1cccc1. The highest BCUT2D eigenvalue weighted by Crippen LogP contribution is 2.19. The van der Waals surface area contributed by atoms with Crippen molar-refractivity contribution in [2.24, 2.45) is 5.41 Å². The molecule has 0 aromatic carbocycles. The van der Waals surface area contributed by atoms with Gasteiger partial charge in [0.2, 0.25) is 0 Å². The van der Waals surface area contributed by atoms with E-state index in [0.29, 0.717) is 0 Å². The van der Waals surface area contributed by atoms with Crippen LogP contribution in [0.15, 0.2) is 24.5 Å². The van der Waals surface area contributed by atoms with Gasteiger partial charge in [-0.3, -0.25) is 4.68 Å². The van der Waals surface area contributed by atoms with Crippen LogP contribution in [-0.2, 0) is 0 Å². The molecule has 0 amide bonds. The fourth-order valence-electron chi connectivity index (χ4n) is 1.23. The molecule has 0 bridgehead atoms. The van der Waals surface area contributed by atoms with Crippen molar-refractivity contribution in [2.45, 2.75) is 26.7 Å². The number of rotatable bonds is 5. The van der Waals surface area contributed by atoms with Crippen molar-refractivity contribution in [2.75, 3.05) is 12.0 Å². The van der Waals surface area contributed by atoms with E-state index in [1.54, 1.807) is 0 Å². The monoisotopic (exact) mass is 191 g/mol. The lowest BCUT2D eigenvalue weighted by Crippen LogP contribution is -2.16. The first-order valence-corrected chi connectivity index (χ1v) is 4.92. The molecule has 1 heterocycles. The van der Waals surface area contributed by atoms with Crippen LogP contribution in [0.5, 0.6) is 0 Å². The van der Waals surface area contributed by atoms with Crippen LogP contribution in [0.1, 0.15) is 26.7 Å². The van der Waals surface area contributed by atoms with Crippen LogP contribution in [0.2, 0.25) is 0 Å². The second kappa shape index (κ2) is 4.71. The first kappa shape index (κ1) is 10.6. The van der Waals surface area contributed by atoms with Crippen LogP contribution in [0.4, 0.5) is 0 Å². The maximum absolute atomic E-state index is 8.80. The molecule has 14 heavy (non-hydrogen) atoms. The van der Waals surface area contributed by atoms with E-state index in [-0.39, 0.29) is 5.41 Å². The number of nitrogens with one attached hydrogen (secondary N) is 1. The highest BCUT2D eigenvalue weighted by molar-refractivity contribution is 4.94. The summed E-state index contributed by atoms with van der Waals surface area (Å²) >= 11 is 0. The van der Waals surface area contributed by atoms with E-state index in [0.717, 1.165) is 19.4 Å². The van der Waals surface area contributed by atoms with Crippen LogP contribution in [0.3, 0.4) is 0 Å². The molecule has 0 unspecified atom stereocenters. The zero-order valence-electron chi connectivity index (χ0n) is 8.83. The molecule has 0 spiro atoms. The Kier molecular flexibility index (Phi) is 3.58. The molecular formula is C11H17N3. The van der Waals surface area contributed by atoms with Gasteiger partial charge in [0, 0.05) is 18.9 Å². The van der Waals surface area contributed by atoms with Gasteiger partial charge in [-0.2, -0.15) is 5.26 Å². The summed E-state index contributed by atoms with van der Waals surface area (Å²) in [6.45, 7) is 4.85. The number of nitriles is 1. The van der Waals surface area contributed by atoms with E-state index in [2.05, 4.69) is 11.5 Å². The molecule has 0 radical (unpaired) electrons. The summed E-state index contributed by atoms with van der Waals surface area (Å²) in [5.41, 5.74) is 3.03. The topological polar surface area (TPSA) is 40.8 Å². The molecular weight excluding hydrogens is 174 g/mol. The van der Waals surface area contributed by atoms with Crippen molar-refractivity contribution >= 4 is 0 Å². The van der Waals surface area contributed by atoms with E-state index in [9.17, 15) is 0 Å². The molecule has 1 N–H and O–H groups in total. The molecule has 1 rings (SSSR count). The summed E-state index contributed by atoms with van der Waals surface area (Å²) in [4.78, 5) is 0. The predicted octanol–water partition coefficient (Wildman–Crippen LogP) is 2.36.